The lowest BCUT2D eigenvalue weighted by atomic mass is 10.1. The molecule has 2 aromatic carbocycles. The average Bonchev–Trinajstić information content (AvgIpc) is 3.06. The quantitative estimate of drug-likeness (QED) is 0.807. The molecule has 0 unspecified atom stereocenters. The van der Waals surface area contributed by atoms with E-state index >= 15 is 0 Å². The first-order valence-corrected chi connectivity index (χ1v) is 8.52. The number of amides is 2. The zero-order valence-electron chi connectivity index (χ0n) is 14.2. The number of para-hydroxylation sites is 2. The summed E-state index contributed by atoms with van der Waals surface area (Å²) < 4.78 is 12.9. The van der Waals surface area contributed by atoms with Crippen LogP contribution in [-0.2, 0) is 9.59 Å². The maximum atomic E-state index is 12.9. The van der Waals surface area contributed by atoms with Gasteiger partial charge >= 0.3 is 0 Å². The smallest absolute Gasteiger partial charge is 0.227 e. The molecule has 26 heavy (non-hydrogen) atoms. The summed E-state index contributed by atoms with van der Waals surface area (Å²) >= 11 is 0. The van der Waals surface area contributed by atoms with Crippen LogP contribution in [0, 0.1) is 5.82 Å². The van der Waals surface area contributed by atoms with Crippen molar-refractivity contribution in [1.82, 2.24) is 0 Å². The topological polar surface area (TPSA) is 66.5 Å². The van der Waals surface area contributed by atoms with Crippen molar-refractivity contribution >= 4 is 29.0 Å². The molecule has 0 saturated carbocycles. The van der Waals surface area contributed by atoms with Crippen LogP contribution in [0.25, 0.3) is 0 Å². The van der Waals surface area contributed by atoms with Gasteiger partial charge in [0.05, 0.1) is 11.4 Å². The number of carbonyl (C=O) groups excluding carboxylic acids is 3. The first-order valence-electron chi connectivity index (χ1n) is 8.52. The van der Waals surface area contributed by atoms with Gasteiger partial charge in [0.15, 0.2) is 5.78 Å². The van der Waals surface area contributed by atoms with Gasteiger partial charge in [0.2, 0.25) is 11.8 Å². The van der Waals surface area contributed by atoms with E-state index in [0.717, 1.165) is 6.42 Å². The second-order valence-electron chi connectivity index (χ2n) is 6.14. The monoisotopic (exact) mass is 354 g/mol. The molecule has 0 aliphatic carbocycles. The Balaban J connectivity index is 1.61. The Bertz CT molecular complexity index is 833. The number of rotatable bonds is 6. The number of hydrogen-bond acceptors (Lipinski definition) is 3. The van der Waals surface area contributed by atoms with Crippen molar-refractivity contribution in [3.8, 4) is 0 Å². The highest BCUT2D eigenvalue weighted by atomic mass is 19.1. The minimum Gasteiger partial charge on any atom is -0.324 e. The number of nitrogens with one attached hydrogen (secondary N) is 1. The lowest BCUT2D eigenvalue weighted by Crippen LogP contribution is -2.25. The molecule has 6 heteroatoms. The minimum absolute atomic E-state index is 0.0124. The van der Waals surface area contributed by atoms with E-state index in [0.29, 0.717) is 29.9 Å². The minimum atomic E-state index is -0.410. The fourth-order valence-corrected chi connectivity index (χ4v) is 2.94. The summed E-state index contributed by atoms with van der Waals surface area (Å²) in [5.74, 6) is -0.895. The summed E-state index contributed by atoms with van der Waals surface area (Å²) in [5.41, 5.74) is 1.61. The molecule has 2 aromatic rings. The number of halogens is 1. The van der Waals surface area contributed by atoms with Gasteiger partial charge < -0.3 is 10.2 Å². The van der Waals surface area contributed by atoms with Crippen molar-refractivity contribution in [1.29, 1.82) is 0 Å². The molecular weight excluding hydrogens is 335 g/mol. The Labute approximate surface area is 150 Å². The van der Waals surface area contributed by atoms with Crippen molar-refractivity contribution in [2.45, 2.75) is 25.7 Å². The van der Waals surface area contributed by atoms with Crippen LogP contribution in [0.4, 0.5) is 15.8 Å². The predicted molar refractivity (Wildman–Crippen MR) is 96.6 cm³/mol. The van der Waals surface area contributed by atoms with E-state index in [1.165, 1.54) is 24.3 Å². The molecule has 1 heterocycles. The highest BCUT2D eigenvalue weighted by Gasteiger charge is 2.24. The summed E-state index contributed by atoms with van der Waals surface area (Å²) in [6, 6.07) is 12.4. The van der Waals surface area contributed by atoms with Crippen LogP contribution in [0.1, 0.15) is 36.0 Å². The molecule has 0 radical (unpaired) electrons. The normalized spacial score (nSPS) is 13.7. The predicted octanol–water partition coefficient (Wildman–Crippen LogP) is 3.55. The second-order valence-corrected chi connectivity index (χ2v) is 6.14. The molecular formula is C20H19FN2O3. The van der Waals surface area contributed by atoms with Crippen molar-refractivity contribution in [2.24, 2.45) is 0 Å². The van der Waals surface area contributed by atoms with Crippen molar-refractivity contribution in [3.05, 3.63) is 59.9 Å². The van der Waals surface area contributed by atoms with Crippen molar-refractivity contribution in [2.75, 3.05) is 16.8 Å². The number of ketones is 1. The van der Waals surface area contributed by atoms with Gasteiger partial charge in [0, 0.05) is 31.4 Å². The Kier molecular flexibility index (Phi) is 5.41. The van der Waals surface area contributed by atoms with E-state index in [1.54, 1.807) is 23.1 Å². The molecule has 1 aliphatic heterocycles. The number of nitrogens with zero attached hydrogens (tertiary/aromatic N) is 1. The zero-order valence-corrected chi connectivity index (χ0v) is 14.2. The van der Waals surface area contributed by atoms with Crippen LogP contribution in [0.3, 0.4) is 0 Å². The molecule has 2 amide bonds. The van der Waals surface area contributed by atoms with Crippen LogP contribution in [0.5, 0.6) is 0 Å². The molecule has 134 valence electrons. The molecule has 0 spiro atoms. The second kappa shape index (κ2) is 7.91. The van der Waals surface area contributed by atoms with Gasteiger partial charge in [-0.05, 0) is 42.8 Å². The van der Waals surface area contributed by atoms with Gasteiger partial charge in [0.1, 0.15) is 5.82 Å². The molecule has 1 saturated heterocycles. The van der Waals surface area contributed by atoms with Crippen LogP contribution in [0.15, 0.2) is 48.5 Å². The van der Waals surface area contributed by atoms with E-state index in [-0.39, 0.29) is 30.4 Å². The van der Waals surface area contributed by atoms with Crippen molar-refractivity contribution in [3.63, 3.8) is 0 Å². The maximum absolute atomic E-state index is 12.9. The van der Waals surface area contributed by atoms with Gasteiger partial charge in [-0.2, -0.15) is 0 Å². The molecule has 0 bridgehead atoms. The van der Waals surface area contributed by atoms with E-state index in [9.17, 15) is 18.8 Å². The van der Waals surface area contributed by atoms with Crippen LogP contribution in [0.2, 0.25) is 0 Å². The molecule has 0 atom stereocenters. The van der Waals surface area contributed by atoms with Crippen molar-refractivity contribution < 1.29 is 18.8 Å². The van der Waals surface area contributed by atoms with E-state index in [2.05, 4.69) is 5.32 Å². The number of anilines is 2. The first-order chi connectivity index (χ1) is 12.5. The Hall–Kier alpha value is -3.02. The van der Waals surface area contributed by atoms with E-state index in [4.69, 9.17) is 0 Å². The zero-order chi connectivity index (χ0) is 18.5. The Morgan fingerprint density at radius 3 is 2.46 bits per heavy atom. The standard InChI is InChI=1S/C20H19FN2O3/c21-15-9-7-14(8-10-15)18(24)11-12-19(25)22-16-4-1-2-5-17(16)23-13-3-6-20(23)26/h1-2,4-5,7-10H,3,6,11-13H2,(H,22,25). The van der Waals surface area contributed by atoms with Gasteiger partial charge in [-0.25, -0.2) is 4.39 Å². The number of hydrogen-bond donors (Lipinski definition) is 1. The summed E-state index contributed by atoms with van der Waals surface area (Å²) in [4.78, 5) is 37.9. The molecule has 0 aromatic heterocycles. The third-order valence-electron chi connectivity index (χ3n) is 4.29. The van der Waals surface area contributed by atoms with E-state index in [1.807, 2.05) is 6.07 Å². The lowest BCUT2D eigenvalue weighted by Gasteiger charge is -2.19. The number of Topliss-reactive ketones (excluding diaryl/α,β-unsaturated/α-hetero) is 1. The Morgan fingerprint density at radius 1 is 1.04 bits per heavy atom. The number of carbonyl (C=O) groups is 3. The SMILES string of the molecule is O=C(CCC(=O)c1ccc(F)cc1)Nc1ccccc1N1CCCC1=O. The largest absolute Gasteiger partial charge is 0.324 e. The summed E-state index contributed by atoms with van der Waals surface area (Å²) in [6.45, 7) is 0.634. The van der Waals surface area contributed by atoms with Gasteiger partial charge in [-0.3, -0.25) is 14.4 Å². The highest BCUT2D eigenvalue weighted by molar-refractivity contribution is 6.03. The highest BCUT2D eigenvalue weighted by Crippen LogP contribution is 2.29. The summed E-state index contributed by atoms with van der Waals surface area (Å²) in [7, 11) is 0. The van der Waals surface area contributed by atoms with Gasteiger partial charge in [0.25, 0.3) is 0 Å². The number of benzene rings is 2. The first kappa shape index (κ1) is 17.8. The third-order valence-corrected chi connectivity index (χ3v) is 4.29. The fraction of sp³-hybridized carbons (Fsp3) is 0.250. The maximum Gasteiger partial charge on any atom is 0.227 e. The average molecular weight is 354 g/mol. The van der Waals surface area contributed by atoms with Crippen LogP contribution < -0.4 is 10.2 Å². The van der Waals surface area contributed by atoms with Gasteiger partial charge in [-0.1, -0.05) is 12.1 Å². The molecule has 5 nitrogen and oxygen atoms in total. The summed E-state index contributed by atoms with van der Waals surface area (Å²) in [6.07, 6.45) is 1.35. The van der Waals surface area contributed by atoms with Gasteiger partial charge in [-0.15, -0.1) is 0 Å². The molecule has 1 N–H and O–H groups in total. The third kappa shape index (κ3) is 4.14. The van der Waals surface area contributed by atoms with E-state index < -0.39 is 5.82 Å². The van der Waals surface area contributed by atoms with Crippen LogP contribution >= 0.6 is 0 Å². The summed E-state index contributed by atoms with van der Waals surface area (Å²) in [5, 5.41) is 2.78. The molecule has 1 aliphatic rings. The molecule has 3 rings (SSSR count). The Morgan fingerprint density at radius 2 is 1.77 bits per heavy atom. The molecule has 1 fully saturated rings. The fourth-order valence-electron chi connectivity index (χ4n) is 2.94. The lowest BCUT2D eigenvalue weighted by molar-refractivity contribution is -0.117. The van der Waals surface area contributed by atoms with Crippen LogP contribution in [-0.4, -0.2) is 24.1 Å².